The molecule has 1 unspecified atom stereocenters. The van der Waals surface area contributed by atoms with E-state index in [1.54, 1.807) is 14.2 Å². The second kappa shape index (κ2) is 6.57. The Bertz CT molecular complexity index is 608. The zero-order valence-electron chi connectivity index (χ0n) is 13.7. The highest BCUT2D eigenvalue weighted by molar-refractivity contribution is 6.32. The molecule has 1 spiro atoms. The van der Waals surface area contributed by atoms with Crippen molar-refractivity contribution in [3.8, 4) is 11.5 Å². The van der Waals surface area contributed by atoms with Crippen LogP contribution >= 0.6 is 11.6 Å². The molecule has 2 fully saturated rings. The number of rotatable bonds is 4. The monoisotopic (exact) mass is 338 g/mol. The molecule has 0 radical (unpaired) electrons. The summed E-state index contributed by atoms with van der Waals surface area (Å²) >= 11 is 6.28. The number of nitrogens with one attached hydrogen (secondary N) is 1. The molecular formula is C17H23ClN2O3. The van der Waals surface area contributed by atoms with Gasteiger partial charge in [0.15, 0.2) is 11.5 Å². The lowest BCUT2D eigenvalue weighted by molar-refractivity contribution is -0.132. The van der Waals surface area contributed by atoms with Gasteiger partial charge in [-0.1, -0.05) is 11.6 Å². The lowest BCUT2D eigenvalue weighted by Gasteiger charge is -2.32. The minimum absolute atomic E-state index is 0.196. The number of carbonyl (C=O) groups is 1. The van der Waals surface area contributed by atoms with Crippen molar-refractivity contribution in [3.63, 3.8) is 0 Å². The van der Waals surface area contributed by atoms with Crippen LogP contribution in [0.4, 0.5) is 0 Å². The number of methoxy groups -OCH3 is 2. The first-order valence-corrected chi connectivity index (χ1v) is 8.37. The summed E-state index contributed by atoms with van der Waals surface area (Å²) in [5.41, 5.74) is 0.874. The van der Waals surface area contributed by atoms with E-state index in [-0.39, 0.29) is 11.3 Å². The fourth-order valence-electron chi connectivity index (χ4n) is 3.73. The Morgan fingerprint density at radius 3 is 2.83 bits per heavy atom. The summed E-state index contributed by atoms with van der Waals surface area (Å²) in [7, 11) is 3.19. The van der Waals surface area contributed by atoms with E-state index in [1.807, 2.05) is 12.1 Å². The molecule has 3 rings (SSSR count). The van der Waals surface area contributed by atoms with Crippen LogP contribution in [-0.4, -0.2) is 44.7 Å². The molecule has 126 valence electrons. The Hall–Kier alpha value is -1.46. The van der Waals surface area contributed by atoms with Gasteiger partial charge in [0.05, 0.1) is 24.7 Å². The van der Waals surface area contributed by atoms with Crippen molar-refractivity contribution in [3.05, 3.63) is 22.7 Å². The van der Waals surface area contributed by atoms with E-state index < -0.39 is 0 Å². The zero-order valence-corrected chi connectivity index (χ0v) is 14.4. The number of ether oxygens (including phenoxy) is 2. The molecule has 0 aliphatic carbocycles. The SMILES string of the molecule is COc1cc(CN2CCC3(CCCNC3=O)C2)cc(Cl)c1OC. The fourth-order valence-corrected chi connectivity index (χ4v) is 4.04. The largest absolute Gasteiger partial charge is 0.493 e. The maximum absolute atomic E-state index is 12.3. The van der Waals surface area contributed by atoms with Crippen LogP contribution in [0.1, 0.15) is 24.8 Å². The molecule has 1 aromatic carbocycles. The molecule has 23 heavy (non-hydrogen) atoms. The lowest BCUT2D eigenvalue weighted by Crippen LogP contribution is -2.47. The number of hydrogen-bond acceptors (Lipinski definition) is 4. The molecule has 0 saturated carbocycles. The average molecular weight is 339 g/mol. The number of piperidine rings is 1. The minimum Gasteiger partial charge on any atom is -0.493 e. The zero-order chi connectivity index (χ0) is 16.4. The standard InChI is InChI=1S/C17H23ClN2O3/c1-22-14-9-12(8-13(18)15(14)23-2)10-20-7-5-17(11-20)4-3-6-19-16(17)21/h8-9H,3-7,10-11H2,1-2H3,(H,19,21). The number of nitrogens with zero attached hydrogens (tertiary/aromatic N) is 1. The molecular weight excluding hydrogens is 316 g/mol. The van der Waals surface area contributed by atoms with E-state index >= 15 is 0 Å². The summed E-state index contributed by atoms with van der Waals surface area (Å²) in [4.78, 5) is 14.6. The maximum Gasteiger partial charge on any atom is 0.227 e. The van der Waals surface area contributed by atoms with Gasteiger partial charge in [0.25, 0.3) is 0 Å². The Morgan fingerprint density at radius 2 is 2.13 bits per heavy atom. The Kier molecular flexibility index (Phi) is 4.69. The number of carbonyl (C=O) groups excluding carboxylic acids is 1. The van der Waals surface area contributed by atoms with Crippen molar-refractivity contribution in [1.29, 1.82) is 0 Å². The molecule has 5 nitrogen and oxygen atoms in total. The average Bonchev–Trinajstić information content (AvgIpc) is 2.93. The molecule has 2 aliphatic rings. The van der Waals surface area contributed by atoms with Gasteiger partial charge < -0.3 is 14.8 Å². The van der Waals surface area contributed by atoms with E-state index in [2.05, 4.69) is 10.2 Å². The van der Waals surface area contributed by atoms with E-state index in [0.29, 0.717) is 16.5 Å². The number of benzene rings is 1. The fraction of sp³-hybridized carbons (Fsp3) is 0.588. The summed E-state index contributed by atoms with van der Waals surface area (Å²) in [6, 6.07) is 3.87. The van der Waals surface area contributed by atoms with Crippen LogP contribution in [0.25, 0.3) is 0 Å². The van der Waals surface area contributed by atoms with E-state index in [9.17, 15) is 4.79 Å². The van der Waals surface area contributed by atoms with Crippen molar-refractivity contribution >= 4 is 17.5 Å². The Morgan fingerprint density at radius 1 is 1.30 bits per heavy atom. The molecule has 1 amide bonds. The van der Waals surface area contributed by atoms with Gasteiger partial charge in [-0.15, -0.1) is 0 Å². The predicted molar refractivity (Wildman–Crippen MR) is 89.1 cm³/mol. The Labute approximate surface area is 141 Å². The second-order valence-corrected chi connectivity index (χ2v) is 6.82. The van der Waals surface area contributed by atoms with E-state index in [1.165, 1.54) is 0 Å². The number of likely N-dealkylation sites (tertiary alicyclic amines) is 1. The van der Waals surface area contributed by atoms with Gasteiger partial charge in [-0.2, -0.15) is 0 Å². The van der Waals surface area contributed by atoms with Crippen molar-refractivity contribution < 1.29 is 14.3 Å². The lowest BCUT2D eigenvalue weighted by atomic mass is 9.79. The summed E-state index contributed by atoms with van der Waals surface area (Å²) in [6.07, 6.45) is 2.99. The van der Waals surface area contributed by atoms with Crippen molar-refractivity contribution in [2.75, 3.05) is 33.9 Å². The topological polar surface area (TPSA) is 50.8 Å². The van der Waals surface area contributed by atoms with Crippen LogP contribution in [-0.2, 0) is 11.3 Å². The molecule has 1 N–H and O–H groups in total. The highest BCUT2D eigenvalue weighted by Crippen LogP contribution is 2.40. The van der Waals surface area contributed by atoms with Crippen molar-refractivity contribution in [2.24, 2.45) is 5.41 Å². The van der Waals surface area contributed by atoms with Crippen LogP contribution < -0.4 is 14.8 Å². The van der Waals surface area contributed by atoms with Crippen LogP contribution in [0.5, 0.6) is 11.5 Å². The normalized spacial score (nSPS) is 24.7. The predicted octanol–water partition coefficient (Wildman–Crippen LogP) is 2.46. The van der Waals surface area contributed by atoms with Crippen LogP contribution in [0.3, 0.4) is 0 Å². The van der Waals surface area contributed by atoms with Gasteiger partial charge in [-0.25, -0.2) is 0 Å². The number of amides is 1. The first-order valence-electron chi connectivity index (χ1n) is 7.99. The third kappa shape index (κ3) is 3.12. The molecule has 1 aromatic rings. The van der Waals surface area contributed by atoms with Gasteiger partial charge >= 0.3 is 0 Å². The molecule has 2 aliphatic heterocycles. The first kappa shape index (κ1) is 16.4. The van der Waals surface area contributed by atoms with Crippen molar-refractivity contribution in [1.82, 2.24) is 10.2 Å². The Balaban J connectivity index is 1.73. The third-order valence-electron chi connectivity index (χ3n) is 4.93. The molecule has 1 atom stereocenters. The molecule has 0 bridgehead atoms. The highest BCUT2D eigenvalue weighted by Gasteiger charge is 2.45. The maximum atomic E-state index is 12.3. The number of hydrogen-bond donors (Lipinski definition) is 1. The molecule has 2 heterocycles. The molecule has 0 aromatic heterocycles. The van der Waals surface area contributed by atoms with Gasteiger partial charge in [0.2, 0.25) is 5.91 Å². The van der Waals surface area contributed by atoms with Crippen LogP contribution in [0.15, 0.2) is 12.1 Å². The third-order valence-corrected chi connectivity index (χ3v) is 5.21. The minimum atomic E-state index is -0.196. The van der Waals surface area contributed by atoms with Gasteiger partial charge in [-0.3, -0.25) is 9.69 Å². The molecule has 6 heteroatoms. The highest BCUT2D eigenvalue weighted by atomic mass is 35.5. The smallest absolute Gasteiger partial charge is 0.227 e. The summed E-state index contributed by atoms with van der Waals surface area (Å²) in [5.74, 6) is 1.42. The van der Waals surface area contributed by atoms with Gasteiger partial charge in [-0.05, 0) is 43.5 Å². The quantitative estimate of drug-likeness (QED) is 0.916. The van der Waals surface area contributed by atoms with Crippen LogP contribution in [0.2, 0.25) is 5.02 Å². The van der Waals surface area contributed by atoms with E-state index in [4.69, 9.17) is 21.1 Å². The van der Waals surface area contributed by atoms with Crippen molar-refractivity contribution in [2.45, 2.75) is 25.8 Å². The summed E-state index contributed by atoms with van der Waals surface area (Å²) < 4.78 is 10.6. The summed E-state index contributed by atoms with van der Waals surface area (Å²) in [5, 5.41) is 3.57. The van der Waals surface area contributed by atoms with Crippen LogP contribution in [0, 0.1) is 5.41 Å². The molecule has 2 saturated heterocycles. The van der Waals surface area contributed by atoms with Gasteiger partial charge in [0.1, 0.15) is 0 Å². The number of halogens is 1. The first-order chi connectivity index (χ1) is 11.1. The second-order valence-electron chi connectivity index (χ2n) is 6.41. The van der Waals surface area contributed by atoms with Gasteiger partial charge in [0, 0.05) is 19.6 Å². The van der Waals surface area contributed by atoms with E-state index in [0.717, 1.165) is 51.0 Å². The summed E-state index contributed by atoms with van der Waals surface area (Å²) in [6.45, 7) is 3.31.